The van der Waals surface area contributed by atoms with E-state index in [2.05, 4.69) is 10.0 Å². The average Bonchev–Trinajstić information content (AvgIpc) is 2.64. The molecule has 0 aromatic heterocycles. The van der Waals surface area contributed by atoms with Gasteiger partial charge in [-0.15, -0.1) is 0 Å². The van der Waals surface area contributed by atoms with Crippen LogP contribution in [0.1, 0.15) is 12.8 Å². The van der Waals surface area contributed by atoms with Crippen molar-refractivity contribution in [2.24, 2.45) is 5.11 Å². The Bertz CT molecular complexity index is 389. The summed E-state index contributed by atoms with van der Waals surface area (Å²) in [6.45, 7) is 0. The standard InChI is InChI=1S/C11H13N3O2/c12-14-13-9-6-7-10(11(9)15)16-8-4-2-1-3-5-8/h1-5,9-11,15H,6-7H2/t9-,10+,11+/m0/s1. The number of azide groups is 1. The highest BCUT2D eigenvalue weighted by Gasteiger charge is 2.35. The number of hydrogen-bond acceptors (Lipinski definition) is 3. The molecule has 1 saturated carbocycles. The molecule has 0 unspecified atom stereocenters. The quantitative estimate of drug-likeness (QED) is 0.480. The Morgan fingerprint density at radius 1 is 1.31 bits per heavy atom. The highest BCUT2D eigenvalue weighted by Crippen LogP contribution is 2.27. The van der Waals surface area contributed by atoms with Crippen LogP contribution < -0.4 is 4.74 Å². The van der Waals surface area contributed by atoms with Crippen LogP contribution in [-0.4, -0.2) is 23.4 Å². The van der Waals surface area contributed by atoms with Crippen molar-refractivity contribution in [3.63, 3.8) is 0 Å². The van der Waals surface area contributed by atoms with Crippen LogP contribution in [0.5, 0.6) is 5.75 Å². The number of ether oxygens (including phenoxy) is 1. The lowest BCUT2D eigenvalue weighted by molar-refractivity contribution is 0.0522. The molecule has 0 saturated heterocycles. The first-order valence-electron chi connectivity index (χ1n) is 5.25. The molecule has 2 rings (SSSR count). The molecule has 0 spiro atoms. The van der Waals surface area contributed by atoms with E-state index in [1.54, 1.807) is 0 Å². The molecule has 1 aromatic rings. The number of rotatable bonds is 3. The molecule has 1 fully saturated rings. The third kappa shape index (κ3) is 2.27. The lowest BCUT2D eigenvalue weighted by atomic mass is 10.2. The predicted octanol–water partition coefficient (Wildman–Crippen LogP) is 2.27. The van der Waals surface area contributed by atoms with Gasteiger partial charge in [-0.1, -0.05) is 23.3 Å². The Morgan fingerprint density at radius 3 is 2.75 bits per heavy atom. The first-order chi connectivity index (χ1) is 7.81. The van der Waals surface area contributed by atoms with E-state index in [0.717, 1.165) is 5.75 Å². The van der Waals surface area contributed by atoms with E-state index in [4.69, 9.17) is 10.3 Å². The van der Waals surface area contributed by atoms with Gasteiger partial charge in [0.1, 0.15) is 11.9 Å². The molecular weight excluding hydrogens is 206 g/mol. The van der Waals surface area contributed by atoms with E-state index in [0.29, 0.717) is 12.8 Å². The molecule has 1 aliphatic rings. The molecule has 1 aromatic carbocycles. The molecule has 16 heavy (non-hydrogen) atoms. The van der Waals surface area contributed by atoms with Crippen molar-refractivity contribution in [2.75, 3.05) is 0 Å². The molecular formula is C11H13N3O2. The predicted molar refractivity (Wildman–Crippen MR) is 59.0 cm³/mol. The first kappa shape index (κ1) is 10.8. The molecule has 1 N–H and O–H groups in total. The van der Waals surface area contributed by atoms with Crippen molar-refractivity contribution < 1.29 is 9.84 Å². The van der Waals surface area contributed by atoms with E-state index in [1.165, 1.54) is 0 Å². The number of aliphatic hydroxyl groups is 1. The molecule has 5 nitrogen and oxygen atoms in total. The van der Waals surface area contributed by atoms with Crippen molar-refractivity contribution in [1.29, 1.82) is 0 Å². The summed E-state index contributed by atoms with van der Waals surface area (Å²) < 4.78 is 5.63. The molecule has 3 atom stereocenters. The van der Waals surface area contributed by atoms with Crippen LogP contribution in [-0.2, 0) is 0 Å². The van der Waals surface area contributed by atoms with Gasteiger partial charge in [0.05, 0.1) is 12.1 Å². The zero-order valence-corrected chi connectivity index (χ0v) is 8.73. The molecule has 84 valence electrons. The summed E-state index contributed by atoms with van der Waals surface area (Å²) >= 11 is 0. The first-order valence-corrected chi connectivity index (χ1v) is 5.25. The highest BCUT2D eigenvalue weighted by molar-refractivity contribution is 5.21. The minimum atomic E-state index is -0.712. The van der Waals surface area contributed by atoms with Crippen molar-refractivity contribution in [3.05, 3.63) is 40.8 Å². The van der Waals surface area contributed by atoms with Crippen molar-refractivity contribution >= 4 is 0 Å². The fourth-order valence-corrected chi connectivity index (χ4v) is 1.92. The Morgan fingerprint density at radius 2 is 2.06 bits per heavy atom. The lowest BCUT2D eigenvalue weighted by Gasteiger charge is -2.18. The Labute approximate surface area is 93.3 Å². The number of aliphatic hydroxyl groups excluding tert-OH is 1. The summed E-state index contributed by atoms with van der Waals surface area (Å²) in [5.74, 6) is 0.730. The van der Waals surface area contributed by atoms with Gasteiger partial charge in [-0.2, -0.15) is 0 Å². The second kappa shape index (κ2) is 4.88. The molecule has 0 radical (unpaired) electrons. The van der Waals surface area contributed by atoms with Gasteiger partial charge in [0.25, 0.3) is 0 Å². The summed E-state index contributed by atoms with van der Waals surface area (Å²) in [7, 11) is 0. The Balaban J connectivity index is 2.00. The SMILES string of the molecule is [N-]=[N+]=N[C@H]1CC[C@@H](Oc2ccccc2)[C@@H]1O. The maximum Gasteiger partial charge on any atom is 0.125 e. The van der Waals surface area contributed by atoms with Gasteiger partial charge in [0.2, 0.25) is 0 Å². The fraction of sp³-hybridized carbons (Fsp3) is 0.455. The normalized spacial score (nSPS) is 28.4. The summed E-state index contributed by atoms with van der Waals surface area (Å²) in [6.07, 6.45) is 0.386. The van der Waals surface area contributed by atoms with E-state index < -0.39 is 6.10 Å². The van der Waals surface area contributed by atoms with Crippen LogP contribution in [0.15, 0.2) is 35.4 Å². The van der Waals surface area contributed by atoms with Crippen LogP contribution in [0, 0.1) is 0 Å². The van der Waals surface area contributed by atoms with E-state index in [9.17, 15) is 5.11 Å². The molecule has 0 bridgehead atoms. The molecule has 0 amide bonds. The average molecular weight is 219 g/mol. The van der Waals surface area contributed by atoms with E-state index >= 15 is 0 Å². The molecule has 0 heterocycles. The van der Waals surface area contributed by atoms with Crippen LogP contribution >= 0.6 is 0 Å². The van der Waals surface area contributed by atoms with Gasteiger partial charge >= 0.3 is 0 Å². The van der Waals surface area contributed by atoms with Crippen molar-refractivity contribution in [2.45, 2.75) is 31.1 Å². The minimum Gasteiger partial charge on any atom is -0.488 e. The smallest absolute Gasteiger partial charge is 0.125 e. The van der Waals surface area contributed by atoms with Crippen LogP contribution in [0.25, 0.3) is 10.4 Å². The van der Waals surface area contributed by atoms with Gasteiger partial charge < -0.3 is 9.84 Å². The molecule has 5 heteroatoms. The monoisotopic (exact) mass is 219 g/mol. The second-order valence-corrected chi connectivity index (χ2v) is 3.81. The highest BCUT2D eigenvalue weighted by atomic mass is 16.5. The zero-order chi connectivity index (χ0) is 11.4. The Kier molecular flexibility index (Phi) is 3.29. The van der Waals surface area contributed by atoms with E-state index in [-0.39, 0.29) is 12.1 Å². The van der Waals surface area contributed by atoms with Crippen LogP contribution in [0.2, 0.25) is 0 Å². The molecule has 1 aliphatic carbocycles. The van der Waals surface area contributed by atoms with Crippen LogP contribution in [0.4, 0.5) is 0 Å². The summed E-state index contributed by atoms with van der Waals surface area (Å²) in [5.41, 5.74) is 8.33. The van der Waals surface area contributed by atoms with Gasteiger partial charge in [-0.3, -0.25) is 0 Å². The molecule has 0 aliphatic heterocycles. The lowest BCUT2D eigenvalue weighted by Crippen LogP contribution is -2.31. The Hall–Kier alpha value is -1.71. The van der Waals surface area contributed by atoms with Crippen molar-refractivity contribution in [1.82, 2.24) is 0 Å². The number of hydrogen-bond donors (Lipinski definition) is 1. The number of nitrogens with zero attached hydrogens (tertiary/aromatic N) is 3. The second-order valence-electron chi connectivity index (χ2n) is 3.81. The minimum absolute atomic E-state index is 0.280. The van der Waals surface area contributed by atoms with E-state index in [1.807, 2.05) is 30.3 Å². The largest absolute Gasteiger partial charge is 0.488 e. The topological polar surface area (TPSA) is 78.2 Å². The van der Waals surface area contributed by atoms with Crippen molar-refractivity contribution in [3.8, 4) is 5.75 Å². The third-order valence-electron chi connectivity index (χ3n) is 2.75. The van der Waals surface area contributed by atoms with Gasteiger partial charge in [0, 0.05) is 4.91 Å². The maximum atomic E-state index is 9.85. The van der Waals surface area contributed by atoms with Gasteiger partial charge in [-0.05, 0) is 30.5 Å². The number of para-hydroxylation sites is 1. The summed E-state index contributed by atoms with van der Waals surface area (Å²) in [6, 6.07) is 8.98. The maximum absolute atomic E-state index is 9.85. The number of benzene rings is 1. The zero-order valence-electron chi connectivity index (χ0n) is 8.73. The summed E-state index contributed by atoms with van der Waals surface area (Å²) in [5, 5.41) is 13.4. The van der Waals surface area contributed by atoms with Gasteiger partial charge in [-0.25, -0.2) is 0 Å². The third-order valence-corrected chi connectivity index (χ3v) is 2.75. The fourth-order valence-electron chi connectivity index (χ4n) is 1.92. The van der Waals surface area contributed by atoms with Gasteiger partial charge in [0.15, 0.2) is 0 Å². The summed E-state index contributed by atoms with van der Waals surface area (Å²) in [4.78, 5) is 2.72. The van der Waals surface area contributed by atoms with Crippen LogP contribution in [0.3, 0.4) is 0 Å².